The van der Waals surface area contributed by atoms with Crippen molar-refractivity contribution in [1.82, 2.24) is 10.6 Å². The SMILES string of the molecule is C=CCC(NC(=O)OCC1c2ccccc2-c2ccccc21)C(=O)N[C@H](CCO)C(=O)O. The predicted molar refractivity (Wildman–Crippen MR) is 118 cm³/mol. The van der Waals surface area contributed by atoms with Crippen molar-refractivity contribution in [3.05, 3.63) is 72.3 Å². The van der Waals surface area contributed by atoms with Crippen LogP contribution in [0.2, 0.25) is 0 Å². The van der Waals surface area contributed by atoms with E-state index in [4.69, 9.17) is 14.9 Å². The van der Waals surface area contributed by atoms with Gasteiger partial charge in [-0.2, -0.15) is 0 Å². The molecule has 0 aromatic heterocycles. The summed E-state index contributed by atoms with van der Waals surface area (Å²) in [6, 6.07) is 13.6. The number of hydrogen-bond acceptors (Lipinski definition) is 5. The minimum Gasteiger partial charge on any atom is -0.480 e. The zero-order valence-corrected chi connectivity index (χ0v) is 17.5. The fraction of sp³-hybridized carbons (Fsp3) is 0.292. The van der Waals surface area contributed by atoms with E-state index in [1.807, 2.05) is 48.5 Å². The third-order valence-electron chi connectivity index (χ3n) is 5.39. The second-order valence-electron chi connectivity index (χ2n) is 7.46. The number of carboxylic acids is 1. The second-order valence-corrected chi connectivity index (χ2v) is 7.46. The summed E-state index contributed by atoms with van der Waals surface area (Å²) in [6.45, 7) is 3.26. The number of benzene rings is 2. The van der Waals surface area contributed by atoms with Crippen molar-refractivity contribution in [3.8, 4) is 11.1 Å². The predicted octanol–water partition coefficient (Wildman–Crippen LogP) is 2.42. The number of fused-ring (bicyclic) bond motifs is 3. The van der Waals surface area contributed by atoms with Gasteiger partial charge in [0.25, 0.3) is 0 Å². The summed E-state index contributed by atoms with van der Waals surface area (Å²) in [7, 11) is 0. The Morgan fingerprint density at radius 3 is 2.12 bits per heavy atom. The lowest BCUT2D eigenvalue weighted by Crippen LogP contribution is -2.51. The summed E-state index contributed by atoms with van der Waals surface area (Å²) in [5.41, 5.74) is 4.33. The Kier molecular flexibility index (Phi) is 7.62. The van der Waals surface area contributed by atoms with Gasteiger partial charge in [-0.1, -0.05) is 54.6 Å². The maximum atomic E-state index is 12.5. The van der Waals surface area contributed by atoms with Crippen molar-refractivity contribution in [2.75, 3.05) is 13.2 Å². The molecule has 32 heavy (non-hydrogen) atoms. The van der Waals surface area contributed by atoms with Gasteiger partial charge < -0.3 is 25.6 Å². The van der Waals surface area contributed by atoms with Crippen LogP contribution in [0, 0.1) is 0 Å². The number of hydrogen-bond donors (Lipinski definition) is 4. The molecule has 2 amide bonds. The fourth-order valence-corrected chi connectivity index (χ4v) is 3.84. The maximum Gasteiger partial charge on any atom is 0.407 e. The molecule has 1 unspecified atom stereocenters. The van der Waals surface area contributed by atoms with E-state index >= 15 is 0 Å². The number of carbonyl (C=O) groups is 3. The molecule has 2 aromatic rings. The molecule has 168 valence electrons. The molecule has 0 heterocycles. The van der Waals surface area contributed by atoms with Gasteiger partial charge in [-0.25, -0.2) is 9.59 Å². The third-order valence-corrected chi connectivity index (χ3v) is 5.39. The maximum absolute atomic E-state index is 12.5. The van der Waals surface area contributed by atoms with Gasteiger partial charge in [-0.05, 0) is 28.7 Å². The Balaban J connectivity index is 1.64. The standard InChI is InChI=1S/C24H26N2O6/c1-2-7-20(22(28)25-21(12-13-27)23(29)30)26-24(31)32-14-19-17-10-5-3-8-15(17)16-9-4-6-11-18(16)19/h2-6,8-11,19-21,27H,1,7,12-14H2,(H,25,28)(H,26,31)(H,29,30)/t20?,21-/m1/s1. The molecular formula is C24H26N2O6. The number of alkyl carbamates (subject to hydrolysis) is 1. The fourth-order valence-electron chi connectivity index (χ4n) is 3.84. The van der Waals surface area contributed by atoms with Gasteiger partial charge in [-0.3, -0.25) is 4.79 Å². The van der Waals surface area contributed by atoms with Crippen LogP contribution in [-0.4, -0.2) is 53.5 Å². The Hall–Kier alpha value is -3.65. The number of aliphatic hydroxyl groups excluding tert-OH is 1. The van der Waals surface area contributed by atoms with Crippen LogP contribution in [-0.2, 0) is 14.3 Å². The smallest absolute Gasteiger partial charge is 0.407 e. The highest BCUT2D eigenvalue weighted by molar-refractivity contribution is 5.89. The van der Waals surface area contributed by atoms with Gasteiger partial charge in [0.1, 0.15) is 18.7 Å². The van der Waals surface area contributed by atoms with Crippen LogP contribution in [0.15, 0.2) is 61.2 Å². The lowest BCUT2D eigenvalue weighted by atomic mass is 9.98. The van der Waals surface area contributed by atoms with Crippen molar-refractivity contribution < 1.29 is 29.3 Å². The van der Waals surface area contributed by atoms with Crippen LogP contribution in [0.3, 0.4) is 0 Å². The normalized spacial score (nSPS) is 13.9. The largest absolute Gasteiger partial charge is 0.480 e. The summed E-state index contributed by atoms with van der Waals surface area (Å²) < 4.78 is 5.45. The van der Waals surface area contributed by atoms with Crippen molar-refractivity contribution in [3.63, 3.8) is 0 Å². The van der Waals surface area contributed by atoms with Crippen LogP contribution in [0.4, 0.5) is 4.79 Å². The Labute approximate surface area is 185 Å². The summed E-state index contributed by atoms with van der Waals surface area (Å²) >= 11 is 0. The number of carbonyl (C=O) groups excluding carboxylic acids is 2. The number of ether oxygens (including phenoxy) is 1. The average Bonchev–Trinajstić information content (AvgIpc) is 3.10. The number of nitrogens with one attached hydrogen (secondary N) is 2. The molecule has 2 atom stereocenters. The molecule has 8 heteroatoms. The molecule has 4 N–H and O–H groups in total. The molecule has 8 nitrogen and oxygen atoms in total. The first kappa shape index (κ1) is 23.0. The van der Waals surface area contributed by atoms with Gasteiger partial charge in [0.2, 0.25) is 5.91 Å². The highest BCUT2D eigenvalue weighted by atomic mass is 16.5. The first-order chi connectivity index (χ1) is 15.5. The minimum atomic E-state index is -1.27. The van der Waals surface area contributed by atoms with E-state index in [0.717, 1.165) is 22.3 Å². The zero-order chi connectivity index (χ0) is 23.1. The Morgan fingerprint density at radius 1 is 1.00 bits per heavy atom. The van der Waals surface area contributed by atoms with Crippen LogP contribution in [0.5, 0.6) is 0 Å². The minimum absolute atomic E-state index is 0.0848. The molecule has 0 saturated heterocycles. The molecule has 0 spiro atoms. The van der Waals surface area contributed by atoms with Gasteiger partial charge >= 0.3 is 12.1 Å². The van der Waals surface area contributed by atoms with Crippen LogP contribution >= 0.6 is 0 Å². The van der Waals surface area contributed by atoms with E-state index in [2.05, 4.69) is 17.2 Å². The molecule has 0 radical (unpaired) electrons. The lowest BCUT2D eigenvalue weighted by molar-refractivity contribution is -0.142. The topological polar surface area (TPSA) is 125 Å². The van der Waals surface area contributed by atoms with Crippen molar-refractivity contribution >= 4 is 18.0 Å². The molecule has 0 bridgehead atoms. The van der Waals surface area contributed by atoms with E-state index in [0.29, 0.717) is 0 Å². The van der Waals surface area contributed by atoms with Gasteiger partial charge in [-0.15, -0.1) is 6.58 Å². The van der Waals surface area contributed by atoms with Gasteiger partial charge in [0, 0.05) is 18.9 Å². The Bertz CT molecular complexity index is 960. The Morgan fingerprint density at radius 2 is 1.59 bits per heavy atom. The van der Waals surface area contributed by atoms with Crippen molar-refractivity contribution in [2.24, 2.45) is 0 Å². The summed E-state index contributed by atoms with van der Waals surface area (Å²) in [5.74, 6) is -2.09. The second kappa shape index (κ2) is 10.6. The van der Waals surface area contributed by atoms with Crippen molar-refractivity contribution in [1.29, 1.82) is 0 Å². The number of carboxylic acid groups (broad SMARTS) is 1. The van der Waals surface area contributed by atoms with E-state index in [-0.39, 0.29) is 25.4 Å². The molecular weight excluding hydrogens is 412 g/mol. The zero-order valence-electron chi connectivity index (χ0n) is 17.5. The molecule has 0 fully saturated rings. The van der Waals surface area contributed by atoms with Crippen LogP contribution < -0.4 is 10.6 Å². The average molecular weight is 438 g/mol. The monoisotopic (exact) mass is 438 g/mol. The highest BCUT2D eigenvalue weighted by Gasteiger charge is 2.30. The summed E-state index contributed by atoms with van der Waals surface area (Å²) in [6.07, 6.45) is 0.590. The first-order valence-electron chi connectivity index (χ1n) is 10.3. The van der Waals surface area contributed by atoms with E-state index in [9.17, 15) is 14.4 Å². The summed E-state index contributed by atoms with van der Waals surface area (Å²) in [4.78, 5) is 36.1. The number of aliphatic hydroxyl groups is 1. The first-order valence-corrected chi connectivity index (χ1v) is 10.3. The molecule has 1 aliphatic carbocycles. The number of amides is 2. The van der Waals surface area contributed by atoms with E-state index in [1.54, 1.807) is 0 Å². The molecule has 1 aliphatic rings. The number of rotatable bonds is 10. The molecule has 0 saturated carbocycles. The van der Waals surface area contributed by atoms with Gasteiger partial charge in [0.05, 0.1) is 0 Å². The van der Waals surface area contributed by atoms with E-state index in [1.165, 1.54) is 6.08 Å². The molecule has 0 aliphatic heterocycles. The van der Waals surface area contributed by atoms with Gasteiger partial charge in [0.15, 0.2) is 0 Å². The lowest BCUT2D eigenvalue weighted by Gasteiger charge is -2.21. The highest BCUT2D eigenvalue weighted by Crippen LogP contribution is 2.44. The van der Waals surface area contributed by atoms with E-state index < -0.39 is 36.7 Å². The third kappa shape index (κ3) is 5.15. The summed E-state index contributed by atoms with van der Waals surface area (Å²) in [5, 5.41) is 22.9. The van der Waals surface area contributed by atoms with Crippen LogP contribution in [0.1, 0.15) is 29.9 Å². The number of aliphatic carboxylic acids is 1. The molecule has 3 rings (SSSR count). The molecule has 2 aromatic carbocycles. The quantitative estimate of drug-likeness (QED) is 0.422. The van der Waals surface area contributed by atoms with Crippen molar-refractivity contribution in [2.45, 2.75) is 30.8 Å². The van der Waals surface area contributed by atoms with Crippen LogP contribution in [0.25, 0.3) is 11.1 Å².